The van der Waals surface area contributed by atoms with Crippen LogP contribution in [0.1, 0.15) is 25.0 Å². The standard InChI is InChI=1S/C19H23NO2S/c1-5-23-18-12-7-6-10-16(18)20-19(21)15(4)22-17-11-8-9-13(2)14(17)3/h6-12,15H,5H2,1-4H3,(H,20,21)/t15-/m1/s1. The molecule has 2 aromatic rings. The number of amides is 1. The molecule has 2 aromatic carbocycles. The summed E-state index contributed by atoms with van der Waals surface area (Å²) in [6.45, 7) is 7.90. The van der Waals surface area contributed by atoms with Crippen LogP contribution in [-0.4, -0.2) is 17.8 Å². The quantitative estimate of drug-likeness (QED) is 0.772. The Morgan fingerprint density at radius 2 is 1.91 bits per heavy atom. The molecule has 4 heteroatoms. The molecule has 0 bridgehead atoms. The lowest BCUT2D eigenvalue weighted by molar-refractivity contribution is -0.122. The minimum Gasteiger partial charge on any atom is -0.481 e. The van der Waals surface area contributed by atoms with E-state index >= 15 is 0 Å². The summed E-state index contributed by atoms with van der Waals surface area (Å²) < 4.78 is 5.84. The molecular formula is C19H23NO2S. The number of carbonyl (C=O) groups excluding carboxylic acids is 1. The Hall–Kier alpha value is -1.94. The smallest absolute Gasteiger partial charge is 0.265 e. The molecule has 0 fully saturated rings. The lowest BCUT2D eigenvalue weighted by Crippen LogP contribution is -2.30. The third kappa shape index (κ3) is 4.52. The Morgan fingerprint density at radius 1 is 1.17 bits per heavy atom. The van der Waals surface area contributed by atoms with Gasteiger partial charge in [-0.15, -0.1) is 11.8 Å². The highest BCUT2D eigenvalue weighted by Crippen LogP contribution is 2.27. The molecule has 122 valence electrons. The average molecular weight is 329 g/mol. The molecule has 2 rings (SSSR count). The van der Waals surface area contributed by atoms with Gasteiger partial charge in [-0.25, -0.2) is 0 Å². The van der Waals surface area contributed by atoms with Crippen LogP contribution < -0.4 is 10.1 Å². The fourth-order valence-electron chi connectivity index (χ4n) is 2.18. The maximum absolute atomic E-state index is 12.4. The van der Waals surface area contributed by atoms with Gasteiger partial charge in [-0.2, -0.15) is 0 Å². The number of nitrogens with one attached hydrogen (secondary N) is 1. The van der Waals surface area contributed by atoms with Crippen LogP contribution in [0.4, 0.5) is 5.69 Å². The molecule has 0 heterocycles. The van der Waals surface area contributed by atoms with E-state index in [1.54, 1.807) is 18.7 Å². The van der Waals surface area contributed by atoms with Gasteiger partial charge in [0, 0.05) is 4.90 Å². The van der Waals surface area contributed by atoms with E-state index in [-0.39, 0.29) is 5.91 Å². The molecule has 0 spiro atoms. The van der Waals surface area contributed by atoms with Gasteiger partial charge in [-0.3, -0.25) is 4.79 Å². The number of para-hydroxylation sites is 1. The fourth-order valence-corrected chi connectivity index (χ4v) is 2.94. The van der Waals surface area contributed by atoms with Crippen LogP contribution >= 0.6 is 11.8 Å². The largest absolute Gasteiger partial charge is 0.481 e. The molecule has 0 aromatic heterocycles. The second-order valence-electron chi connectivity index (χ2n) is 5.38. The van der Waals surface area contributed by atoms with Crippen molar-refractivity contribution in [1.82, 2.24) is 0 Å². The van der Waals surface area contributed by atoms with Crippen molar-refractivity contribution in [2.45, 2.75) is 38.7 Å². The summed E-state index contributed by atoms with van der Waals surface area (Å²) in [6.07, 6.45) is -0.560. The van der Waals surface area contributed by atoms with E-state index < -0.39 is 6.10 Å². The predicted octanol–water partition coefficient (Wildman–Crippen LogP) is 4.82. The van der Waals surface area contributed by atoms with Crippen LogP contribution in [0.3, 0.4) is 0 Å². The summed E-state index contributed by atoms with van der Waals surface area (Å²) >= 11 is 1.71. The lowest BCUT2D eigenvalue weighted by atomic mass is 10.1. The van der Waals surface area contributed by atoms with E-state index in [0.717, 1.165) is 33.2 Å². The fraction of sp³-hybridized carbons (Fsp3) is 0.316. The number of ether oxygens (including phenoxy) is 1. The van der Waals surface area contributed by atoms with Gasteiger partial charge >= 0.3 is 0 Å². The van der Waals surface area contributed by atoms with Crippen LogP contribution in [0.15, 0.2) is 47.4 Å². The second kappa shape index (κ2) is 8.06. The van der Waals surface area contributed by atoms with Crippen molar-refractivity contribution in [1.29, 1.82) is 0 Å². The molecule has 0 unspecified atom stereocenters. The van der Waals surface area contributed by atoms with E-state index in [2.05, 4.69) is 12.2 Å². The molecule has 0 aliphatic rings. The van der Waals surface area contributed by atoms with Gasteiger partial charge in [0.15, 0.2) is 6.10 Å². The zero-order valence-electron chi connectivity index (χ0n) is 14.1. The summed E-state index contributed by atoms with van der Waals surface area (Å²) in [6, 6.07) is 13.7. The van der Waals surface area contributed by atoms with Crippen LogP contribution in [-0.2, 0) is 4.79 Å². The first-order chi connectivity index (χ1) is 11.0. The Bertz CT molecular complexity index is 685. The first-order valence-electron chi connectivity index (χ1n) is 7.78. The van der Waals surface area contributed by atoms with Crippen molar-refractivity contribution in [3.8, 4) is 5.75 Å². The highest BCUT2D eigenvalue weighted by atomic mass is 32.2. The monoisotopic (exact) mass is 329 g/mol. The molecule has 0 aliphatic heterocycles. The minimum absolute atomic E-state index is 0.143. The van der Waals surface area contributed by atoms with Crippen LogP contribution in [0.25, 0.3) is 0 Å². The van der Waals surface area contributed by atoms with Gasteiger partial charge in [0.1, 0.15) is 5.75 Å². The third-order valence-corrected chi connectivity index (χ3v) is 4.63. The van der Waals surface area contributed by atoms with Gasteiger partial charge < -0.3 is 10.1 Å². The maximum Gasteiger partial charge on any atom is 0.265 e. The number of aryl methyl sites for hydroxylation is 1. The molecule has 3 nitrogen and oxygen atoms in total. The van der Waals surface area contributed by atoms with Gasteiger partial charge in [-0.1, -0.05) is 31.2 Å². The van der Waals surface area contributed by atoms with Gasteiger partial charge in [0.2, 0.25) is 0 Å². The highest BCUT2D eigenvalue weighted by molar-refractivity contribution is 7.99. The number of hydrogen-bond acceptors (Lipinski definition) is 3. The van der Waals surface area contributed by atoms with Crippen molar-refractivity contribution in [3.05, 3.63) is 53.6 Å². The topological polar surface area (TPSA) is 38.3 Å². The van der Waals surface area contributed by atoms with E-state index in [4.69, 9.17) is 4.74 Å². The molecule has 0 radical (unpaired) electrons. The zero-order chi connectivity index (χ0) is 16.8. The first-order valence-corrected chi connectivity index (χ1v) is 8.77. The number of thioether (sulfide) groups is 1. The number of rotatable bonds is 6. The number of hydrogen-bond donors (Lipinski definition) is 1. The number of carbonyl (C=O) groups is 1. The molecule has 23 heavy (non-hydrogen) atoms. The number of benzene rings is 2. The van der Waals surface area contributed by atoms with Crippen molar-refractivity contribution in [2.75, 3.05) is 11.1 Å². The summed E-state index contributed by atoms with van der Waals surface area (Å²) in [4.78, 5) is 13.5. The van der Waals surface area contributed by atoms with E-state index in [0.29, 0.717) is 0 Å². The molecule has 0 saturated heterocycles. The predicted molar refractivity (Wildman–Crippen MR) is 97.5 cm³/mol. The van der Waals surface area contributed by atoms with Crippen LogP contribution in [0.2, 0.25) is 0 Å². The lowest BCUT2D eigenvalue weighted by Gasteiger charge is -2.18. The van der Waals surface area contributed by atoms with E-state index in [1.807, 2.05) is 56.3 Å². The maximum atomic E-state index is 12.4. The highest BCUT2D eigenvalue weighted by Gasteiger charge is 2.17. The molecular weight excluding hydrogens is 306 g/mol. The summed E-state index contributed by atoms with van der Waals surface area (Å²) in [5, 5.41) is 2.96. The van der Waals surface area contributed by atoms with Gasteiger partial charge in [0.25, 0.3) is 5.91 Å². The first kappa shape index (κ1) is 17.4. The van der Waals surface area contributed by atoms with Crippen molar-refractivity contribution < 1.29 is 9.53 Å². The van der Waals surface area contributed by atoms with E-state index in [9.17, 15) is 4.79 Å². The Morgan fingerprint density at radius 3 is 2.65 bits per heavy atom. The molecule has 1 N–H and O–H groups in total. The van der Waals surface area contributed by atoms with Crippen LogP contribution in [0.5, 0.6) is 5.75 Å². The molecule has 1 atom stereocenters. The summed E-state index contributed by atoms with van der Waals surface area (Å²) in [5.74, 6) is 1.57. The van der Waals surface area contributed by atoms with Crippen molar-refractivity contribution in [3.63, 3.8) is 0 Å². The normalized spacial score (nSPS) is 11.8. The summed E-state index contributed by atoms with van der Waals surface area (Å²) in [7, 11) is 0. The Balaban J connectivity index is 2.07. The number of anilines is 1. The van der Waals surface area contributed by atoms with Crippen molar-refractivity contribution >= 4 is 23.4 Å². The summed E-state index contributed by atoms with van der Waals surface area (Å²) in [5.41, 5.74) is 3.05. The molecule has 0 saturated carbocycles. The Labute approximate surface area is 142 Å². The third-order valence-electron chi connectivity index (χ3n) is 3.67. The zero-order valence-corrected chi connectivity index (χ0v) is 14.9. The molecule has 1 amide bonds. The molecule has 0 aliphatic carbocycles. The van der Waals surface area contributed by atoms with Crippen LogP contribution in [0, 0.1) is 13.8 Å². The minimum atomic E-state index is -0.560. The average Bonchev–Trinajstić information content (AvgIpc) is 2.54. The van der Waals surface area contributed by atoms with Gasteiger partial charge in [0.05, 0.1) is 5.69 Å². The van der Waals surface area contributed by atoms with Crippen molar-refractivity contribution in [2.24, 2.45) is 0 Å². The van der Waals surface area contributed by atoms with E-state index in [1.165, 1.54) is 0 Å². The Kier molecular flexibility index (Phi) is 6.11. The second-order valence-corrected chi connectivity index (χ2v) is 6.68. The SMILES string of the molecule is CCSc1ccccc1NC(=O)[C@@H](C)Oc1cccc(C)c1C. The van der Waals surface area contributed by atoms with Gasteiger partial charge in [-0.05, 0) is 55.9 Å².